The van der Waals surface area contributed by atoms with E-state index in [1.165, 1.54) is 0 Å². The molecule has 0 radical (unpaired) electrons. The summed E-state index contributed by atoms with van der Waals surface area (Å²) in [5.74, 6) is 1.83. The van der Waals surface area contributed by atoms with Crippen LogP contribution in [0.5, 0.6) is 5.75 Å². The molecule has 4 heterocycles. The number of aromatic nitrogens is 4. The minimum atomic E-state index is -0.0551. The fraction of sp³-hybridized carbons (Fsp3) is 0.211. The summed E-state index contributed by atoms with van der Waals surface area (Å²) in [7, 11) is 1.66. The lowest BCUT2D eigenvalue weighted by Gasteiger charge is -2.24. The summed E-state index contributed by atoms with van der Waals surface area (Å²) >= 11 is 1.57. The molecule has 8 heteroatoms. The molecule has 1 aromatic carbocycles. The molecule has 0 amide bonds. The lowest BCUT2D eigenvalue weighted by Crippen LogP contribution is -2.21. The van der Waals surface area contributed by atoms with Crippen molar-refractivity contribution in [2.75, 3.05) is 7.11 Å². The lowest BCUT2D eigenvalue weighted by molar-refractivity contribution is -0.00115. The van der Waals surface area contributed by atoms with E-state index in [-0.39, 0.29) is 6.10 Å². The van der Waals surface area contributed by atoms with E-state index in [9.17, 15) is 0 Å². The number of ether oxygens (including phenoxy) is 2. The molecule has 1 unspecified atom stereocenters. The highest BCUT2D eigenvalue weighted by molar-refractivity contribution is 7.13. The summed E-state index contributed by atoms with van der Waals surface area (Å²) in [6.07, 6.45) is -0.0551. The Hall–Kier alpha value is -2.97. The SMILES string of the molecule is COc1ccc(C2Cn3nc(-c4nc(-c5cccs5)no4)cc3CO2)cc1. The molecule has 0 bridgehead atoms. The topological polar surface area (TPSA) is 75.2 Å². The molecular weight excluding hydrogens is 364 g/mol. The van der Waals surface area contributed by atoms with Crippen molar-refractivity contribution >= 4 is 11.3 Å². The molecule has 1 atom stereocenters. The van der Waals surface area contributed by atoms with E-state index < -0.39 is 0 Å². The largest absolute Gasteiger partial charge is 0.497 e. The Balaban J connectivity index is 1.38. The van der Waals surface area contributed by atoms with E-state index in [2.05, 4.69) is 15.2 Å². The number of thiophene rings is 1. The van der Waals surface area contributed by atoms with Gasteiger partial charge in [-0.05, 0) is 35.2 Å². The number of hydrogen-bond acceptors (Lipinski definition) is 7. The molecule has 1 aliphatic heterocycles. The fourth-order valence-corrected chi connectivity index (χ4v) is 3.73. The zero-order valence-corrected chi connectivity index (χ0v) is 15.3. The van der Waals surface area contributed by atoms with Gasteiger partial charge in [-0.3, -0.25) is 4.68 Å². The number of nitrogens with zero attached hydrogens (tertiary/aromatic N) is 4. The summed E-state index contributed by atoms with van der Waals surface area (Å²) in [6, 6.07) is 13.8. The maximum Gasteiger partial charge on any atom is 0.278 e. The standard InChI is InChI=1S/C19H16N4O3S/c1-24-14-6-4-12(5-7-14)16-10-23-13(11-25-16)9-15(21-23)19-20-18(22-26-19)17-3-2-8-27-17/h2-9,16H,10-11H2,1H3. The van der Waals surface area contributed by atoms with Gasteiger partial charge in [0.1, 0.15) is 11.9 Å². The van der Waals surface area contributed by atoms with E-state index in [4.69, 9.17) is 14.0 Å². The van der Waals surface area contributed by atoms with Crippen LogP contribution in [0, 0.1) is 0 Å². The van der Waals surface area contributed by atoms with Crippen molar-refractivity contribution in [2.45, 2.75) is 19.3 Å². The van der Waals surface area contributed by atoms with Crippen molar-refractivity contribution in [1.82, 2.24) is 19.9 Å². The van der Waals surface area contributed by atoms with Gasteiger partial charge in [-0.1, -0.05) is 23.4 Å². The highest BCUT2D eigenvalue weighted by Gasteiger charge is 2.24. The maximum absolute atomic E-state index is 6.01. The molecule has 0 saturated carbocycles. The average Bonchev–Trinajstić information content (AvgIpc) is 3.46. The Labute approximate surface area is 159 Å². The fourth-order valence-electron chi connectivity index (χ4n) is 3.08. The Bertz CT molecular complexity index is 1050. The third-order valence-electron chi connectivity index (χ3n) is 4.51. The predicted octanol–water partition coefficient (Wildman–Crippen LogP) is 3.94. The van der Waals surface area contributed by atoms with Crippen molar-refractivity contribution in [3.63, 3.8) is 0 Å². The van der Waals surface area contributed by atoms with Gasteiger partial charge in [-0.25, -0.2) is 0 Å². The minimum Gasteiger partial charge on any atom is -0.497 e. The van der Waals surface area contributed by atoms with Crippen molar-refractivity contribution in [1.29, 1.82) is 0 Å². The normalized spacial score (nSPS) is 16.3. The second kappa shape index (κ2) is 6.64. The van der Waals surface area contributed by atoms with E-state index in [0.29, 0.717) is 30.6 Å². The predicted molar refractivity (Wildman–Crippen MR) is 99.4 cm³/mol. The van der Waals surface area contributed by atoms with Crippen LogP contribution in [0.1, 0.15) is 17.4 Å². The summed E-state index contributed by atoms with van der Waals surface area (Å²) < 4.78 is 18.6. The highest BCUT2D eigenvalue weighted by atomic mass is 32.1. The van der Waals surface area contributed by atoms with Crippen molar-refractivity contribution in [3.05, 3.63) is 59.1 Å². The van der Waals surface area contributed by atoms with E-state index in [1.54, 1.807) is 18.4 Å². The summed E-state index contributed by atoms with van der Waals surface area (Å²) in [6.45, 7) is 1.11. The zero-order chi connectivity index (χ0) is 18.2. The van der Waals surface area contributed by atoms with Crippen molar-refractivity contribution < 1.29 is 14.0 Å². The molecule has 0 fully saturated rings. The van der Waals surface area contributed by atoms with Crippen LogP contribution in [0.15, 0.2) is 52.4 Å². The van der Waals surface area contributed by atoms with Crippen LogP contribution >= 0.6 is 11.3 Å². The first kappa shape index (κ1) is 16.2. The van der Waals surface area contributed by atoms with Crippen LogP contribution in [-0.2, 0) is 17.9 Å². The number of rotatable bonds is 4. The molecule has 27 heavy (non-hydrogen) atoms. The smallest absolute Gasteiger partial charge is 0.278 e. The van der Waals surface area contributed by atoms with E-state index in [1.807, 2.05) is 52.5 Å². The molecule has 0 aliphatic carbocycles. The van der Waals surface area contributed by atoms with Crippen LogP contribution < -0.4 is 4.74 Å². The number of methoxy groups -OCH3 is 1. The Morgan fingerprint density at radius 3 is 2.89 bits per heavy atom. The second-order valence-electron chi connectivity index (χ2n) is 6.18. The first-order valence-corrected chi connectivity index (χ1v) is 9.38. The third-order valence-corrected chi connectivity index (χ3v) is 5.37. The van der Waals surface area contributed by atoms with Gasteiger partial charge in [-0.2, -0.15) is 10.1 Å². The number of fused-ring (bicyclic) bond motifs is 1. The molecule has 1 aliphatic rings. The molecule has 136 valence electrons. The van der Waals surface area contributed by atoms with Crippen LogP contribution in [0.3, 0.4) is 0 Å². The molecule has 5 rings (SSSR count). The van der Waals surface area contributed by atoms with Gasteiger partial charge in [0.2, 0.25) is 5.82 Å². The monoisotopic (exact) mass is 380 g/mol. The van der Waals surface area contributed by atoms with Gasteiger partial charge in [0.05, 0.1) is 30.8 Å². The van der Waals surface area contributed by atoms with Gasteiger partial charge < -0.3 is 14.0 Å². The molecule has 4 aromatic rings. The van der Waals surface area contributed by atoms with Gasteiger partial charge in [-0.15, -0.1) is 11.3 Å². The van der Waals surface area contributed by atoms with Gasteiger partial charge in [0.15, 0.2) is 5.69 Å². The second-order valence-corrected chi connectivity index (χ2v) is 7.12. The molecular formula is C19H16N4O3S. The lowest BCUT2D eigenvalue weighted by atomic mass is 10.1. The molecule has 7 nitrogen and oxygen atoms in total. The maximum atomic E-state index is 6.01. The summed E-state index contributed by atoms with van der Waals surface area (Å²) in [5.41, 5.74) is 2.75. The molecule has 0 saturated heterocycles. The van der Waals surface area contributed by atoms with Gasteiger partial charge in [0, 0.05) is 0 Å². The van der Waals surface area contributed by atoms with Crippen molar-refractivity contribution in [2.24, 2.45) is 0 Å². The third kappa shape index (κ3) is 3.02. The van der Waals surface area contributed by atoms with Crippen LogP contribution in [0.25, 0.3) is 22.3 Å². The highest BCUT2D eigenvalue weighted by Crippen LogP contribution is 2.30. The molecule has 3 aromatic heterocycles. The first-order chi connectivity index (χ1) is 13.3. The first-order valence-electron chi connectivity index (χ1n) is 8.50. The van der Waals surface area contributed by atoms with E-state index >= 15 is 0 Å². The van der Waals surface area contributed by atoms with Gasteiger partial charge >= 0.3 is 0 Å². The Morgan fingerprint density at radius 1 is 1.22 bits per heavy atom. The molecule has 0 spiro atoms. The summed E-state index contributed by atoms with van der Waals surface area (Å²) in [4.78, 5) is 5.43. The quantitative estimate of drug-likeness (QED) is 0.534. The minimum absolute atomic E-state index is 0.0551. The van der Waals surface area contributed by atoms with Crippen molar-refractivity contribution in [3.8, 4) is 28.0 Å². The number of hydrogen-bond donors (Lipinski definition) is 0. The van der Waals surface area contributed by atoms with E-state index in [0.717, 1.165) is 21.9 Å². The average molecular weight is 380 g/mol. The van der Waals surface area contributed by atoms with Crippen LogP contribution in [0.4, 0.5) is 0 Å². The van der Waals surface area contributed by atoms with Gasteiger partial charge in [0.25, 0.3) is 5.89 Å². The van der Waals surface area contributed by atoms with Crippen LogP contribution in [0.2, 0.25) is 0 Å². The molecule has 0 N–H and O–H groups in total. The Morgan fingerprint density at radius 2 is 2.11 bits per heavy atom. The van der Waals surface area contributed by atoms with Crippen LogP contribution in [-0.4, -0.2) is 27.0 Å². The zero-order valence-electron chi connectivity index (χ0n) is 14.5. The Kier molecular flexibility index (Phi) is 3.99. The number of benzene rings is 1. The summed E-state index contributed by atoms with van der Waals surface area (Å²) in [5, 5.41) is 10.7.